The Labute approximate surface area is 145 Å². The molecule has 2 aromatic heterocycles. The molecular weight excluding hydrogens is 314 g/mol. The summed E-state index contributed by atoms with van der Waals surface area (Å²) >= 11 is 0. The summed E-state index contributed by atoms with van der Waals surface area (Å²) in [6.45, 7) is 5.21. The number of nitrogens with zero attached hydrogens (tertiary/aromatic N) is 4. The number of H-pyrrole nitrogens is 1. The van der Waals surface area contributed by atoms with Gasteiger partial charge in [-0.25, -0.2) is 4.98 Å². The molecule has 0 saturated heterocycles. The highest BCUT2D eigenvalue weighted by atomic mass is 16.1. The first-order chi connectivity index (χ1) is 12.2. The number of fused-ring (bicyclic) bond motifs is 2. The molecular formula is C19H21N5O. The second-order valence-corrected chi connectivity index (χ2v) is 6.49. The molecule has 0 radical (unpaired) electrons. The van der Waals surface area contributed by atoms with E-state index in [0.29, 0.717) is 29.4 Å². The summed E-state index contributed by atoms with van der Waals surface area (Å²) in [6, 6.07) is 8.90. The van der Waals surface area contributed by atoms with Crippen LogP contribution in [0.5, 0.6) is 0 Å². The highest BCUT2D eigenvalue weighted by molar-refractivity contribution is 5.72. The van der Waals surface area contributed by atoms with Crippen LogP contribution in [0.3, 0.4) is 0 Å². The number of hydrogen-bond acceptors (Lipinski definition) is 4. The summed E-state index contributed by atoms with van der Waals surface area (Å²) in [7, 11) is 1.80. The zero-order valence-corrected chi connectivity index (χ0v) is 14.3. The Morgan fingerprint density at radius 1 is 1.44 bits per heavy atom. The number of aryl methyl sites for hydroxylation is 2. The van der Waals surface area contributed by atoms with Gasteiger partial charge >= 0.3 is 0 Å². The molecule has 128 valence electrons. The summed E-state index contributed by atoms with van der Waals surface area (Å²) < 4.78 is 1.64. The molecule has 1 aliphatic rings. The van der Waals surface area contributed by atoms with E-state index in [-0.39, 0.29) is 5.56 Å². The third-order valence-electron chi connectivity index (χ3n) is 4.91. The minimum absolute atomic E-state index is 0.140. The summed E-state index contributed by atoms with van der Waals surface area (Å²) in [5.74, 6) is 0.660. The number of hydrogen-bond donors (Lipinski definition) is 1. The molecule has 4 rings (SSSR count). The van der Waals surface area contributed by atoms with Crippen LogP contribution in [0.4, 0.5) is 0 Å². The molecule has 0 amide bonds. The van der Waals surface area contributed by atoms with Crippen molar-refractivity contribution < 1.29 is 0 Å². The first-order valence-corrected chi connectivity index (χ1v) is 8.51. The molecule has 0 aliphatic heterocycles. The predicted octanol–water partition coefficient (Wildman–Crippen LogP) is 2.33. The zero-order chi connectivity index (χ0) is 17.4. The van der Waals surface area contributed by atoms with Crippen LogP contribution in [-0.4, -0.2) is 31.2 Å². The van der Waals surface area contributed by atoms with Crippen LogP contribution < -0.4 is 5.56 Å². The van der Waals surface area contributed by atoms with Gasteiger partial charge in [0.1, 0.15) is 11.2 Å². The first kappa shape index (κ1) is 15.8. The van der Waals surface area contributed by atoms with Crippen molar-refractivity contribution in [1.82, 2.24) is 24.6 Å². The van der Waals surface area contributed by atoms with E-state index in [4.69, 9.17) is 0 Å². The molecule has 0 bridgehead atoms. The third-order valence-corrected chi connectivity index (χ3v) is 4.91. The Hall–Kier alpha value is -2.73. The Bertz CT molecular complexity index is 987. The van der Waals surface area contributed by atoms with Crippen molar-refractivity contribution >= 4 is 11.0 Å². The quantitative estimate of drug-likeness (QED) is 0.727. The van der Waals surface area contributed by atoms with E-state index >= 15 is 0 Å². The maximum Gasteiger partial charge on any atom is 0.262 e. The van der Waals surface area contributed by atoms with E-state index in [1.54, 1.807) is 17.9 Å². The lowest BCUT2D eigenvalue weighted by molar-refractivity contribution is 0.204. The molecule has 1 atom stereocenters. The van der Waals surface area contributed by atoms with Gasteiger partial charge in [0, 0.05) is 19.6 Å². The smallest absolute Gasteiger partial charge is 0.262 e. The molecule has 6 heteroatoms. The van der Waals surface area contributed by atoms with Crippen LogP contribution in [0.1, 0.15) is 29.4 Å². The molecule has 1 unspecified atom stereocenters. The summed E-state index contributed by atoms with van der Waals surface area (Å²) in [6.07, 6.45) is 5.62. The fourth-order valence-electron chi connectivity index (χ4n) is 3.73. The number of aromatic amines is 1. The maximum atomic E-state index is 12.3. The Morgan fingerprint density at radius 3 is 3.12 bits per heavy atom. The first-order valence-electron chi connectivity index (χ1n) is 8.51. The topological polar surface area (TPSA) is 66.8 Å². The van der Waals surface area contributed by atoms with Gasteiger partial charge in [-0.2, -0.15) is 5.10 Å². The standard InChI is InChI=1S/C19H21N5O/c1-3-10-24(16-9-8-13-6-4-5-7-14(13)16)12-17-21-18-15(19(25)22-17)11-20-23(18)2/h3-7,11,16H,1,8-10,12H2,2H3,(H,21,22,25). The van der Waals surface area contributed by atoms with Gasteiger partial charge in [-0.1, -0.05) is 30.3 Å². The van der Waals surface area contributed by atoms with Crippen molar-refractivity contribution in [1.29, 1.82) is 0 Å². The van der Waals surface area contributed by atoms with Crippen molar-refractivity contribution in [2.24, 2.45) is 7.05 Å². The monoisotopic (exact) mass is 335 g/mol. The molecule has 1 aromatic carbocycles. The summed E-state index contributed by atoms with van der Waals surface area (Å²) in [5, 5.41) is 4.65. The lowest BCUT2D eigenvalue weighted by Crippen LogP contribution is -2.29. The van der Waals surface area contributed by atoms with Crippen molar-refractivity contribution in [2.45, 2.75) is 25.4 Å². The average Bonchev–Trinajstić information content (AvgIpc) is 3.19. The third kappa shape index (κ3) is 2.78. The van der Waals surface area contributed by atoms with Gasteiger partial charge in [0.05, 0.1) is 12.7 Å². The van der Waals surface area contributed by atoms with Crippen LogP contribution in [0.2, 0.25) is 0 Å². The fraction of sp³-hybridized carbons (Fsp3) is 0.316. The van der Waals surface area contributed by atoms with E-state index in [2.05, 4.69) is 50.8 Å². The van der Waals surface area contributed by atoms with Gasteiger partial charge in [-0.05, 0) is 24.0 Å². The Kier molecular flexibility index (Phi) is 3.97. The van der Waals surface area contributed by atoms with Crippen molar-refractivity contribution in [3.8, 4) is 0 Å². The van der Waals surface area contributed by atoms with Gasteiger partial charge in [-0.15, -0.1) is 6.58 Å². The lowest BCUT2D eigenvalue weighted by Gasteiger charge is -2.28. The Balaban J connectivity index is 1.68. The molecule has 1 aliphatic carbocycles. The number of nitrogens with one attached hydrogen (secondary N) is 1. The lowest BCUT2D eigenvalue weighted by atomic mass is 10.1. The van der Waals surface area contributed by atoms with Crippen LogP contribution in [0, 0.1) is 0 Å². The van der Waals surface area contributed by atoms with Crippen molar-refractivity contribution in [2.75, 3.05) is 6.54 Å². The normalized spacial score (nSPS) is 16.5. The van der Waals surface area contributed by atoms with E-state index < -0.39 is 0 Å². The highest BCUT2D eigenvalue weighted by Gasteiger charge is 2.27. The van der Waals surface area contributed by atoms with Gasteiger partial charge in [0.25, 0.3) is 5.56 Å². The Morgan fingerprint density at radius 2 is 2.28 bits per heavy atom. The van der Waals surface area contributed by atoms with Gasteiger partial charge in [0.2, 0.25) is 0 Å². The molecule has 3 aromatic rings. The van der Waals surface area contributed by atoms with Crippen molar-refractivity contribution in [3.05, 3.63) is 70.4 Å². The molecule has 6 nitrogen and oxygen atoms in total. The molecule has 25 heavy (non-hydrogen) atoms. The van der Waals surface area contributed by atoms with Crippen LogP contribution in [0.25, 0.3) is 11.0 Å². The highest BCUT2D eigenvalue weighted by Crippen LogP contribution is 2.36. The summed E-state index contributed by atoms with van der Waals surface area (Å²) in [4.78, 5) is 22.1. The van der Waals surface area contributed by atoms with Crippen LogP contribution in [-0.2, 0) is 20.0 Å². The van der Waals surface area contributed by atoms with Gasteiger partial charge in [-0.3, -0.25) is 14.4 Å². The molecule has 2 heterocycles. The van der Waals surface area contributed by atoms with E-state index in [1.165, 1.54) is 11.1 Å². The number of rotatable bonds is 5. The molecule has 1 N–H and O–H groups in total. The number of benzene rings is 1. The average molecular weight is 335 g/mol. The SMILES string of the molecule is C=CCN(Cc1nc2c(cnn2C)c(=O)[nH]1)C1CCc2ccccc21. The second-order valence-electron chi connectivity index (χ2n) is 6.49. The van der Waals surface area contributed by atoms with E-state index in [9.17, 15) is 4.79 Å². The van der Waals surface area contributed by atoms with Crippen molar-refractivity contribution in [3.63, 3.8) is 0 Å². The van der Waals surface area contributed by atoms with E-state index in [1.807, 2.05) is 6.08 Å². The predicted molar refractivity (Wildman–Crippen MR) is 97.2 cm³/mol. The number of aromatic nitrogens is 4. The van der Waals surface area contributed by atoms with Crippen LogP contribution >= 0.6 is 0 Å². The van der Waals surface area contributed by atoms with Gasteiger partial charge in [0.15, 0.2) is 5.65 Å². The fourth-order valence-corrected chi connectivity index (χ4v) is 3.73. The maximum absolute atomic E-state index is 12.3. The second kappa shape index (κ2) is 6.29. The zero-order valence-electron chi connectivity index (χ0n) is 14.3. The molecule has 0 fully saturated rings. The van der Waals surface area contributed by atoms with Gasteiger partial charge < -0.3 is 4.98 Å². The summed E-state index contributed by atoms with van der Waals surface area (Å²) in [5.41, 5.74) is 3.25. The largest absolute Gasteiger partial charge is 0.309 e. The molecule has 0 spiro atoms. The van der Waals surface area contributed by atoms with E-state index in [0.717, 1.165) is 19.4 Å². The van der Waals surface area contributed by atoms with Crippen LogP contribution in [0.15, 0.2) is 47.9 Å². The molecule has 0 saturated carbocycles. The minimum atomic E-state index is -0.140. The minimum Gasteiger partial charge on any atom is -0.309 e.